The summed E-state index contributed by atoms with van der Waals surface area (Å²) in [5.74, 6) is -6.30. The lowest BCUT2D eigenvalue weighted by molar-refractivity contribution is -0.302. The van der Waals surface area contributed by atoms with Crippen molar-refractivity contribution < 1.29 is 36.6 Å². The first-order chi connectivity index (χ1) is 9.04. The summed E-state index contributed by atoms with van der Waals surface area (Å²) in [6, 6.07) is 3.74. The topological polar surface area (TPSA) is 149 Å². The molecule has 0 atom stereocenters. The lowest BCUT2D eigenvalue weighted by Crippen LogP contribution is -2.31. The van der Waals surface area contributed by atoms with Crippen LogP contribution in [0.25, 0.3) is 0 Å². The number of carboxylic acid groups (broad SMARTS) is 2. The number of benzene rings is 1. The quantitative estimate of drug-likeness (QED) is 0.530. The minimum atomic E-state index is -4.26. The maximum atomic E-state index is 11.6. The molecule has 0 heterocycles. The first kappa shape index (κ1) is 16.1. The van der Waals surface area contributed by atoms with Gasteiger partial charge in [-0.3, -0.25) is 0 Å². The largest absolute Gasteiger partial charge is 0.549 e. The number of rotatable bonds is 6. The molecule has 0 amide bonds. The molecular formula is C10H8O8S2-2. The first-order valence-corrected chi connectivity index (χ1v) is 8.30. The molecule has 0 aliphatic heterocycles. The van der Waals surface area contributed by atoms with Gasteiger partial charge in [-0.25, -0.2) is 16.8 Å². The Morgan fingerprint density at radius 3 is 1.50 bits per heavy atom. The lowest BCUT2D eigenvalue weighted by atomic mass is 10.4. The maximum Gasteiger partial charge on any atom is 0.183 e. The fourth-order valence-corrected chi connectivity index (χ4v) is 3.55. The highest BCUT2D eigenvalue weighted by molar-refractivity contribution is 7.93. The van der Waals surface area contributed by atoms with Gasteiger partial charge in [-0.15, -0.1) is 0 Å². The molecule has 1 aromatic rings. The molecule has 1 rings (SSSR count). The summed E-state index contributed by atoms with van der Waals surface area (Å²) in [5.41, 5.74) is 0. The Labute approximate surface area is 114 Å². The van der Waals surface area contributed by atoms with E-state index in [0.29, 0.717) is 6.07 Å². The second kappa shape index (κ2) is 5.59. The molecule has 8 nitrogen and oxygen atoms in total. The summed E-state index contributed by atoms with van der Waals surface area (Å²) >= 11 is 0. The van der Waals surface area contributed by atoms with Gasteiger partial charge < -0.3 is 19.8 Å². The van der Waals surface area contributed by atoms with Crippen LogP contribution in [-0.4, -0.2) is 40.3 Å². The van der Waals surface area contributed by atoms with Crippen molar-refractivity contribution in [1.82, 2.24) is 0 Å². The van der Waals surface area contributed by atoms with Gasteiger partial charge in [0.25, 0.3) is 0 Å². The molecule has 0 saturated heterocycles. The summed E-state index contributed by atoms with van der Waals surface area (Å²) in [7, 11) is -8.52. The average Bonchev–Trinajstić information content (AvgIpc) is 2.25. The molecule has 20 heavy (non-hydrogen) atoms. The smallest absolute Gasteiger partial charge is 0.183 e. The summed E-state index contributed by atoms with van der Waals surface area (Å²) in [5, 5.41) is 20.6. The monoisotopic (exact) mass is 320 g/mol. The third-order valence-corrected chi connectivity index (χ3v) is 5.32. The minimum absolute atomic E-state index is 0.555. The van der Waals surface area contributed by atoms with Crippen molar-refractivity contribution in [2.24, 2.45) is 0 Å². The molecule has 0 unspecified atom stereocenters. The number of hydrogen-bond donors (Lipinski definition) is 0. The van der Waals surface area contributed by atoms with Crippen LogP contribution in [0.3, 0.4) is 0 Å². The summed E-state index contributed by atoms with van der Waals surface area (Å²) in [6.45, 7) is 0. The van der Waals surface area contributed by atoms with Crippen molar-refractivity contribution in [2.45, 2.75) is 9.79 Å². The zero-order valence-electron chi connectivity index (χ0n) is 9.81. The second-order valence-corrected chi connectivity index (χ2v) is 7.72. The van der Waals surface area contributed by atoms with Crippen LogP contribution in [0.4, 0.5) is 0 Å². The van der Waals surface area contributed by atoms with Gasteiger partial charge in [0.1, 0.15) is 0 Å². The SMILES string of the molecule is O=C([O-])CS(=O)(=O)c1cccc(S(=O)(=O)CC(=O)[O-])c1. The van der Waals surface area contributed by atoms with E-state index in [1.165, 1.54) is 0 Å². The van der Waals surface area contributed by atoms with E-state index >= 15 is 0 Å². The zero-order chi connectivity index (χ0) is 15.6. The number of hydrogen-bond acceptors (Lipinski definition) is 8. The van der Waals surface area contributed by atoms with Gasteiger partial charge in [0.2, 0.25) is 0 Å². The standard InChI is InChI=1S/C10H10O8S2/c11-9(12)5-19(15,16)7-2-1-3-8(4-7)20(17,18)6-10(13)14/h1-4H,5-6H2,(H,11,12)(H,13,14)/p-2. The van der Waals surface area contributed by atoms with E-state index in [4.69, 9.17) is 0 Å². The Hall–Kier alpha value is -1.94. The van der Waals surface area contributed by atoms with Crippen molar-refractivity contribution in [3.05, 3.63) is 24.3 Å². The highest BCUT2D eigenvalue weighted by atomic mass is 32.2. The van der Waals surface area contributed by atoms with Crippen molar-refractivity contribution in [1.29, 1.82) is 0 Å². The van der Waals surface area contributed by atoms with E-state index < -0.39 is 52.9 Å². The van der Waals surface area contributed by atoms with Crippen LogP contribution in [0.5, 0.6) is 0 Å². The van der Waals surface area contributed by atoms with E-state index in [-0.39, 0.29) is 0 Å². The maximum absolute atomic E-state index is 11.6. The van der Waals surface area contributed by atoms with Gasteiger partial charge in [0, 0.05) is 0 Å². The highest BCUT2D eigenvalue weighted by Crippen LogP contribution is 2.17. The van der Waals surface area contributed by atoms with E-state index in [0.717, 1.165) is 18.2 Å². The third-order valence-electron chi connectivity index (χ3n) is 2.14. The Morgan fingerprint density at radius 2 is 1.20 bits per heavy atom. The normalized spacial score (nSPS) is 12.0. The predicted molar refractivity (Wildman–Crippen MR) is 60.6 cm³/mol. The highest BCUT2D eigenvalue weighted by Gasteiger charge is 2.20. The Kier molecular flexibility index (Phi) is 4.50. The Bertz CT molecular complexity index is 684. The van der Waals surface area contributed by atoms with Crippen LogP contribution in [-0.2, 0) is 29.3 Å². The second-order valence-electron chi connectivity index (χ2n) is 3.74. The number of carboxylic acids is 2. The predicted octanol–water partition coefficient (Wildman–Crippen LogP) is -3.27. The fourth-order valence-electron chi connectivity index (χ4n) is 1.34. The molecule has 0 bridgehead atoms. The van der Waals surface area contributed by atoms with E-state index in [1.54, 1.807) is 0 Å². The van der Waals surface area contributed by atoms with Crippen LogP contribution in [0, 0.1) is 0 Å². The molecule has 0 radical (unpaired) electrons. The van der Waals surface area contributed by atoms with E-state index in [9.17, 15) is 36.6 Å². The van der Waals surface area contributed by atoms with Crippen molar-refractivity contribution >= 4 is 31.6 Å². The van der Waals surface area contributed by atoms with E-state index in [2.05, 4.69) is 0 Å². The molecule has 110 valence electrons. The molecule has 0 spiro atoms. The van der Waals surface area contributed by atoms with Gasteiger partial charge >= 0.3 is 0 Å². The van der Waals surface area contributed by atoms with E-state index in [1.807, 2.05) is 0 Å². The fraction of sp³-hybridized carbons (Fsp3) is 0.200. The number of carbonyl (C=O) groups excluding carboxylic acids is 2. The molecular weight excluding hydrogens is 312 g/mol. The molecule has 1 aromatic carbocycles. The van der Waals surface area contributed by atoms with Crippen LogP contribution < -0.4 is 10.2 Å². The average molecular weight is 320 g/mol. The van der Waals surface area contributed by atoms with Gasteiger partial charge in [-0.1, -0.05) is 6.07 Å². The molecule has 10 heteroatoms. The van der Waals surface area contributed by atoms with Gasteiger partial charge in [0.05, 0.1) is 33.2 Å². The summed E-state index contributed by atoms with van der Waals surface area (Å²) < 4.78 is 46.4. The van der Waals surface area contributed by atoms with Crippen LogP contribution in [0.15, 0.2) is 34.1 Å². The summed E-state index contributed by atoms with van der Waals surface area (Å²) in [6.07, 6.45) is 0. The van der Waals surface area contributed by atoms with Crippen LogP contribution in [0.1, 0.15) is 0 Å². The summed E-state index contributed by atoms with van der Waals surface area (Å²) in [4.78, 5) is 19.5. The van der Waals surface area contributed by atoms with Gasteiger partial charge in [0.15, 0.2) is 19.7 Å². The Balaban J connectivity index is 3.28. The number of carbonyl (C=O) groups is 2. The number of sulfone groups is 2. The Morgan fingerprint density at radius 1 is 0.850 bits per heavy atom. The van der Waals surface area contributed by atoms with Crippen molar-refractivity contribution in [3.63, 3.8) is 0 Å². The van der Waals surface area contributed by atoms with Crippen LogP contribution >= 0.6 is 0 Å². The number of aliphatic carboxylic acids is 2. The van der Waals surface area contributed by atoms with Crippen molar-refractivity contribution in [3.8, 4) is 0 Å². The molecule has 0 N–H and O–H groups in total. The zero-order valence-corrected chi connectivity index (χ0v) is 11.4. The van der Waals surface area contributed by atoms with Crippen molar-refractivity contribution in [2.75, 3.05) is 11.5 Å². The lowest BCUT2D eigenvalue weighted by Gasteiger charge is -2.08. The molecule has 0 saturated carbocycles. The molecule has 0 aliphatic carbocycles. The molecule has 0 aromatic heterocycles. The minimum Gasteiger partial charge on any atom is -0.549 e. The third kappa shape index (κ3) is 4.03. The molecule has 0 aliphatic rings. The van der Waals surface area contributed by atoms with Gasteiger partial charge in [-0.05, 0) is 18.2 Å². The first-order valence-electron chi connectivity index (χ1n) is 5.00. The van der Waals surface area contributed by atoms with Gasteiger partial charge in [-0.2, -0.15) is 0 Å². The molecule has 0 fully saturated rings. The van der Waals surface area contributed by atoms with Crippen LogP contribution in [0.2, 0.25) is 0 Å².